The highest BCUT2D eigenvalue weighted by Gasteiger charge is 2.21. The minimum absolute atomic E-state index is 0.000933. The molecule has 8 nitrogen and oxygen atoms in total. The van der Waals surface area contributed by atoms with Crippen LogP contribution in [0.3, 0.4) is 0 Å². The van der Waals surface area contributed by atoms with Gasteiger partial charge in [-0.05, 0) is 38.5 Å². The normalized spacial score (nSPS) is 12.0. The largest absolute Gasteiger partial charge is 0.478 e. The topological polar surface area (TPSA) is 102 Å². The Bertz CT molecular complexity index is 1090. The molecule has 2 N–H and O–H groups in total. The first-order chi connectivity index (χ1) is 13.7. The van der Waals surface area contributed by atoms with Crippen molar-refractivity contribution >= 4 is 29.2 Å². The Labute approximate surface area is 170 Å². The van der Waals surface area contributed by atoms with Crippen molar-refractivity contribution in [2.24, 2.45) is 0 Å². The summed E-state index contributed by atoms with van der Waals surface area (Å²) < 4.78 is 16.2. The minimum Gasteiger partial charge on any atom is -0.478 e. The molecule has 1 aromatic carbocycles. The summed E-state index contributed by atoms with van der Waals surface area (Å²) in [5.41, 5.74) is 2.55. The number of hydrogen-bond donors (Lipinski definition) is 2. The molecule has 3 rings (SSSR count). The Morgan fingerprint density at radius 2 is 2.07 bits per heavy atom. The first-order valence-electron chi connectivity index (χ1n) is 8.73. The summed E-state index contributed by atoms with van der Waals surface area (Å²) in [6.45, 7) is 5.49. The van der Waals surface area contributed by atoms with Gasteiger partial charge in [0.05, 0.1) is 35.4 Å². The first kappa shape index (κ1) is 20.5. The predicted molar refractivity (Wildman–Crippen MR) is 105 cm³/mol. The van der Waals surface area contributed by atoms with Gasteiger partial charge in [0.25, 0.3) is 0 Å². The maximum atomic E-state index is 13.2. The maximum Gasteiger partial charge on any atom is 0.338 e. The summed E-state index contributed by atoms with van der Waals surface area (Å²) in [6.07, 6.45) is 2.49. The lowest BCUT2D eigenvalue weighted by Crippen LogP contribution is -2.24. The molecule has 10 heteroatoms. The highest BCUT2D eigenvalue weighted by molar-refractivity contribution is 6.31. The van der Waals surface area contributed by atoms with E-state index in [2.05, 4.69) is 15.5 Å². The summed E-state index contributed by atoms with van der Waals surface area (Å²) in [5, 5.41) is 20.5. The van der Waals surface area contributed by atoms with Crippen LogP contribution in [0.5, 0.6) is 0 Å². The van der Waals surface area contributed by atoms with Gasteiger partial charge in [0.1, 0.15) is 11.9 Å². The molecule has 3 aromatic rings. The second kappa shape index (κ2) is 8.04. The molecular weight excluding hydrogens is 401 g/mol. The number of aromatic carboxylic acids is 1. The molecule has 0 aliphatic carbocycles. The van der Waals surface area contributed by atoms with Gasteiger partial charge in [0.2, 0.25) is 5.91 Å². The monoisotopic (exact) mass is 419 g/mol. The van der Waals surface area contributed by atoms with Gasteiger partial charge in [0, 0.05) is 11.2 Å². The van der Waals surface area contributed by atoms with Gasteiger partial charge < -0.3 is 10.4 Å². The smallest absolute Gasteiger partial charge is 0.338 e. The van der Waals surface area contributed by atoms with Crippen LogP contribution in [0, 0.1) is 19.7 Å². The van der Waals surface area contributed by atoms with E-state index < -0.39 is 17.8 Å². The fourth-order valence-corrected chi connectivity index (χ4v) is 3.08. The van der Waals surface area contributed by atoms with E-state index in [1.54, 1.807) is 31.5 Å². The molecule has 0 radical (unpaired) electrons. The first-order valence-corrected chi connectivity index (χ1v) is 9.11. The summed E-state index contributed by atoms with van der Waals surface area (Å²) in [7, 11) is 0. The number of rotatable bonds is 6. The second-order valence-corrected chi connectivity index (χ2v) is 7.03. The zero-order valence-electron chi connectivity index (χ0n) is 16.0. The third-order valence-electron chi connectivity index (χ3n) is 4.59. The van der Waals surface area contributed by atoms with Gasteiger partial charge in [-0.3, -0.25) is 14.2 Å². The van der Waals surface area contributed by atoms with Crippen molar-refractivity contribution in [2.75, 3.05) is 5.32 Å². The van der Waals surface area contributed by atoms with Crippen molar-refractivity contribution in [2.45, 2.75) is 33.4 Å². The lowest BCUT2D eigenvalue weighted by molar-refractivity contribution is -0.119. The van der Waals surface area contributed by atoms with Gasteiger partial charge in [-0.2, -0.15) is 10.2 Å². The lowest BCUT2D eigenvalue weighted by atomic mass is 10.2. The Kier molecular flexibility index (Phi) is 5.69. The number of benzene rings is 1. The van der Waals surface area contributed by atoms with Gasteiger partial charge in [-0.15, -0.1) is 0 Å². The number of aromatic nitrogens is 4. The van der Waals surface area contributed by atoms with Gasteiger partial charge in [0.15, 0.2) is 0 Å². The lowest BCUT2D eigenvalue weighted by Gasteiger charge is -2.13. The Morgan fingerprint density at radius 3 is 2.69 bits per heavy atom. The van der Waals surface area contributed by atoms with Crippen LogP contribution in [0.2, 0.25) is 5.02 Å². The summed E-state index contributed by atoms with van der Waals surface area (Å²) >= 11 is 6.09. The molecule has 0 fully saturated rings. The van der Waals surface area contributed by atoms with Crippen LogP contribution in [0.15, 0.2) is 30.6 Å². The molecule has 0 aliphatic heterocycles. The van der Waals surface area contributed by atoms with E-state index in [1.807, 2.05) is 0 Å². The van der Waals surface area contributed by atoms with Crippen LogP contribution in [0.25, 0.3) is 0 Å². The molecular formula is C19H19ClFN5O3. The summed E-state index contributed by atoms with van der Waals surface area (Å²) in [4.78, 5) is 23.6. The Balaban J connectivity index is 1.78. The summed E-state index contributed by atoms with van der Waals surface area (Å²) in [6, 6.07) is 3.43. The molecule has 0 spiro atoms. The van der Waals surface area contributed by atoms with E-state index in [-0.39, 0.29) is 11.5 Å². The average molecular weight is 420 g/mol. The van der Waals surface area contributed by atoms with E-state index in [0.29, 0.717) is 34.2 Å². The van der Waals surface area contributed by atoms with Crippen LogP contribution in [0.1, 0.15) is 40.3 Å². The van der Waals surface area contributed by atoms with Crippen molar-refractivity contribution in [1.82, 2.24) is 19.6 Å². The number of hydrogen-bond acceptors (Lipinski definition) is 4. The van der Waals surface area contributed by atoms with E-state index >= 15 is 0 Å². The Morgan fingerprint density at radius 1 is 1.34 bits per heavy atom. The van der Waals surface area contributed by atoms with Crippen molar-refractivity contribution in [3.05, 3.63) is 63.9 Å². The average Bonchev–Trinajstić information content (AvgIpc) is 3.25. The number of halogens is 2. The van der Waals surface area contributed by atoms with E-state index in [9.17, 15) is 14.0 Å². The van der Waals surface area contributed by atoms with Gasteiger partial charge in [-0.1, -0.05) is 17.7 Å². The fraction of sp³-hybridized carbons (Fsp3) is 0.263. The molecule has 2 heterocycles. The van der Waals surface area contributed by atoms with Crippen LogP contribution in [0.4, 0.5) is 10.1 Å². The number of aryl methyl sites for hydroxylation is 1. The highest BCUT2D eigenvalue weighted by Crippen LogP contribution is 2.24. The molecule has 152 valence electrons. The highest BCUT2D eigenvalue weighted by atomic mass is 35.5. The van der Waals surface area contributed by atoms with E-state index in [4.69, 9.17) is 16.7 Å². The molecule has 1 atom stereocenters. The SMILES string of the molecule is Cc1nn(Cc2ccc(F)cc2Cl)c(C)c1NC(=O)C(C)n1cc(C(=O)O)cn1. The number of carbonyl (C=O) groups is 2. The maximum absolute atomic E-state index is 13.2. The van der Waals surface area contributed by atoms with E-state index in [0.717, 1.165) is 0 Å². The van der Waals surface area contributed by atoms with Crippen molar-refractivity contribution in [3.8, 4) is 0 Å². The third-order valence-corrected chi connectivity index (χ3v) is 4.94. The molecule has 2 aromatic heterocycles. The van der Waals surface area contributed by atoms with Crippen LogP contribution in [-0.4, -0.2) is 36.5 Å². The van der Waals surface area contributed by atoms with E-state index in [1.165, 1.54) is 29.2 Å². The number of anilines is 1. The molecule has 0 aliphatic rings. The zero-order chi connectivity index (χ0) is 21.3. The fourth-order valence-electron chi connectivity index (χ4n) is 2.85. The Hall–Kier alpha value is -3.20. The minimum atomic E-state index is -1.11. The summed E-state index contributed by atoms with van der Waals surface area (Å²) in [5.74, 6) is -1.90. The third kappa shape index (κ3) is 4.29. The standard InChI is InChI=1S/C19H19ClFN5O3/c1-10-17(23-18(27)12(3)25-9-14(7-22-25)19(28)29)11(2)26(24-10)8-13-4-5-15(21)6-16(13)20/h4-7,9,12H,8H2,1-3H3,(H,23,27)(H,28,29). The number of nitrogens with zero attached hydrogens (tertiary/aromatic N) is 4. The van der Waals surface area contributed by atoms with Crippen molar-refractivity contribution < 1.29 is 19.1 Å². The number of nitrogens with one attached hydrogen (secondary N) is 1. The molecule has 0 saturated carbocycles. The predicted octanol–water partition coefficient (Wildman–Crippen LogP) is 3.44. The molecule has 0 saturated heterocycles. The molecule has 29 heavy (non-hydrogen) atoms. The number of carboxylic acid groups (broad SMARTS) is 1. The molecule has 0 bridgehead atoms. The van der Waals surface area contributed by atoms with Gasteiger partial charge in [-0.25, -0.2) is 9.18 Å². The second-order valence-electron chi connectivity index (χ2n) is 6.62. The molecule has 1 amide bonds. The van der Waals surface area contributed by atoms with Crippen LogP contribution < -0.4 is 5.32 Å². The van der Waals surface area contributed by atoms with Crippen LogP contribution >= 0.6 is 11.6 Å². The van der Waals surface area contributed by atoms with Crippen molar-refractivity contribution in [3.63, 3.8) is 0 Å². The number of carboxylic acids is 1. The van der Waals surface area contributed by atoms with Gasteiger partial charge >= 0.3 is 5.97 Å². The zero-order valence-corrected chi connectivity index (χ0v) is 16.7. The van der Waals surface area contributed by atoms with Crippen LogP contribution in [-0.2, 0) is 11.3 Å². The number of carbonyl (C=O) groups excluding carboxylic acids is 1. The quantitative estimate of drug-likeness (QED) is 0.637. The molecule has 1 unspecified atom stereocenters. The number of amides is 1. The van der Waals surface area contributed by atoms with Crippen molar-refractivity contribution in [1.29, 1.82) is 0 Å².